The van der Waals surface area contributed by atoms with Gasteiger partial charge in [0.05, 0.1) is 6.10 Å². The van der Waals surface area contributed by atoms with Crippen molar-refractivity contribution in [2.24, 2.45) is 28.6 Å². The molecule has 0 spiro atoms. The minimum atomic E-state index is -0.370. The lowest BCUT2D eigenvalue weighted by Crippen LogP contribution is -2.59. The first-order valence-corrected chi connectivity index (χ1v) is 11.1. The molecule has 1 aromatic rings. The lowest BCUT2D eigenvalue weighted by molar-refractivity contribution is -0.140. The summed E-state index contributed by atoms with van der Waals surface area (Å²) in [5.41, 5.74) is 2.25. The third-order valence-corrected chi connectivity index (χ3v) is 9.03. The number of rotatable bonds is 1. The van der Waals surface area contributed by atoms with Gasteiger partial charge in [-0.3, -0.25) is 9.78 Å². The monoisotopic (exact) mass is 392 g/mol. The van der Waals surface area contributed by atoms with Crippen LogP contribution in [0.4, 0.5) is 0 Å². The molecule has 3 aliphatic carbocycles. The van der Waals surface area contributed by atoms with Crippen LogP contribution < -0.4 is 0 Å². The van der Waals surface area contributed by atoms with Gasteiger partial charge in [-0.25, -0.2) is 0 Å². The van der Waals surface area contributed by atoms with E-state index in [1.807, 2.05) is 24.2 Å². The predicted molar refractivity (Wildman–Crippen MR) is 114 cm³/mol. The summed E-state index contributed by atoms with van der Waals surface area (Å²) in [5, 5.41) is 11.3. The van der Waals surface area contributed by atoms with Gasteiger partial charge < -0.3 is 10.0 Å². The molecule has 7 atom stereocenters. The third kappa shape index (κ3) is 2.68. The first kappa shape index (κ1) is 19.0. The standard InChI is InChI=1S/C25H32N2O2/c1-24-11-9-22(28)27(3)21(24)7-6-18-19(24)8-10-25(2)20(18)14-17(23(25)29)13-16-5-4-12-26-15-16/h4-5,9,11-13,15,18-21,23,29H,6-8,10,14H2,1-3H3/b17-13-/t18-,19+,20+,21-,23+,24-,25+/m1/s1. The van der Waals surface area contributed by atoms with Crippen molar-refractivity contribution in [1.29, 1.82) is 0 Å². The SMILES string of the molecule is CN1C(=O)C=C[C@]2(C)[C@H]3CC[C@]4(C)[C@@H](O)/C(=C\c5cccnc5)C[C@H]4[C@@H]3CC[C@@H]12. The van der Waals surface area contributed by atoms with Gasteiger partial charge in [0.1, 0.15) is 0 Å². The molecule has 1 aliphatic heterocycles. The highest BCUT2D eigenvalue weighted by Gasteiger charge is 2.61. The number of nitrogens with zero attached hydrogens (tertiary/aromatic N) is 2. The molecule has 1 N–H and O–H groups in total. The van der Waals surface area contributed by atoms with Crippen molar-refractivity contribution in [3.05, 3.63) is 47.8 Å². The van der Waals surface area contributed by atoms with E-state index in [1.165, 1.54) is 5.57 Å². The van der Waals surface area contributed by atoms with E-state index in [9.17, 15) is 9.90 Å². The zero-order valence-corrected chi connectivity index (χ0v) is 17.7. The first-order valence-electron chi connectivity index (χ1n) is 11.1. The number of aromatic nitrogens is 1. The van der Waals surface area contributed by atoms with Gasteiger partial charge >= 0.3 is 0 Å². The molecular formula is C25H32N2O2. The van der Waals surface area contributed by atoms with Crippen LogP contribution in [0, 0.1) is 28.6 Å². The van der Waals surface area contributed by atoms with E-state index < -0.39 is 0 Å². The molecule has 4 aliphatic rings. The van der Waals surface area contributed by atoms with Crippen LogP contribution in [0.15, 0.2) is 42.3 Å². The molecule has 0 unspecified atom stereocenters. The number of pyridine rings is 1. The first-order chi connectivity index (χ1) is 13.8. The summed E-state index contributed by atoms with van der Waals surface area (Å²) < 4.78 is 0. The summed E-state index contributed by atoms with van der Waals surface area (Å²) in [6, 6.07) is 4.32. The van der Waals surface area contributed by atoms with E-state index in [1.54, 1.807) is 12.3 Å². The largest absolute Gasteiger partial charge is 0.388 e. The second-order valence-electron chi connectivity index (χ2n) is 10.3. The number of fused-ring (bicyclic) bond motifs is 5. The third-order valence-electron chi connectivity index (χ3n) is 9.03. The van der Waals surface area contributed by atoms with Crippen molar-refractivity contribution in [2.45, 2.75) is 58.1 Å². The molecule has 5 rings (SSSR count). The van der Waals surface area contributed by atoms with E-state index in [-0.39, 0.29) is 22.8 Å². The van der Waals surface area contributed by atoms with E-state index in [0.717, 1.165) is 37.7 Å². The Morgan fingerprint density at radius 3 is 2.83 bits per heavy atom. The number of likely N-dealkylation sites (N-methyl/N-ethyl adjacent to an activating group) is 1. The molecule has 1 aromatic heterocycles. The topological polar surface area (TPSA) is 53.4 Å². The van der Waals surface area contributed by atoms with Crippen molar-refractivity contribution in [1.82, 2.24) is 9.88 Å². The van der Waals surface area contributed by atoms with Gasteiger partial charge in [-0.2, -0.15) is 0 Å². The van der Waals surface area contributed by atoms with Crippen molar-refractivity contribution >= 4 is 12.0 Å². The molecule has 0 saturated heterocycles. The van der Waals surface area contributed by atoms with Crippen LogP contribution in [0.25, 0.3) is 6.08 Å². The summed E-state index contributed by atoms with van der Waals surface area (Å²) in [7, 11) is 1.97. The highest BCUT2D eigenvalue weighted by atomic mass is 16.3. The minimum absolute atomic E-state index is 0.0431. The van der Waals surface area contributed by atoms with Crippen LogP contribution in [0.1, 0.15) is 51.5 Å². The van der Waals surface area contributed by atoms with E-state index >= 15 is 0 Å². The van der Waals surface area contributed by atoms with Crippen LogP contribution in [-0.4, -0.2) is 40.1 Å². The van der Waals surface area contributed by atoms with E-state index in [4.69, 9.17) is 0 Å². The lowest BCUT2D eigenvalue weighted by atomic mass is 9.48. The van der Waals surface area contributed by atoms with Crippen LogP contribution >= 0.6 is 0 Å². The molecule has 0 bridgehead atoms. The highest BCUT2D eigenvalue weighted by Crippen LogP contribution is 2.64. The molecule has 3 fully saturated rings. The molecule has 4 heteroatoms. The number of aliphatic hydroxyl groups is 1. The Hall–Kier alpha value is -1.94. The number of carbonyl (C=O) groups excluding carboxylic acids is 1. The van der Waals surface area contributed by atoms with E-state index in [2.05, 4.69) is 37.0 Å². The Kier molecular flexibility index (Phi) is 4.29. The van der Waals surface area contributed by atoms with E-state index in [0.29, 0.717) is 23.8 Å². The van der Waals surface area contributed by atoms with Crippen LogP contribution in [0.5, 0.6) is 0 Å². The second kappa shape index (κ2) is 6.53. The number of hydrogen-bond donors (Lipinski definition) is 1. The summed E-state index contributed by atoms with van der Waals surface area (Å²) in [6.45, 7) is 4.68. The van der Waals surface area contributed by atoms with Gasteiger partial charge in [0.25, 0.3) is 0 Å². The average molecular weight is 393 g/mol. The summed E-state index contributed by atoms with van der Waals surface area (Å²) in [4.78, 5) is 18.4. The normalized spacial score (nSPS) is 45.1. The molecule has 4 nitrogen and oxygen atoms in total. The molecule has 0 radical (unpaired) electrons. The Balaban J connectivity index is 1.48. The summed E-state index contributed by atoms with van der Waals surface area (Å²) >= 11 is 0. The molecule has 0 aromatic carbocycles. The van der Waals surface area contributed by atoms with Gasteiger partial charge in [0.15, 0.2) is 0 Å². The molecule has 154 valence electrons. The van der Waals surface area contributed by atoms with Crippen LogP contribution in [0.3, 0.4) is 0 Å². The maximum atomic E-state index is 12.2. The fraction of sp³-hybridized carbons (Fsp3) is 0.600. The zero-order chi connectivity index (χ0) is 20.4. The number of hydrogen-bond acceptors (Lipinski definition) is 3. The average Bonchev–Trinajstić information content (AvgIpc) is 2.97. The van der Waals surface area contributed by atoms with Gasteiger partial charge in [-0.15, -0.1) is 0 Å². The fourth-order valence-electron chi connectivity index (χ4n) is 7.41. The molecule has 29 heavy (non-hydrogen) atoms. The van der Waals surface area contributed by atoms with Crippen molar-refractivity contribution in [3.63, 3.8) is 0 Å². The quantitative estimate of drug-likeness (QED) is 0.784. The van der Waals surface area contributed by atoms with Crippen LogP contribution in [-0.2, 0) is 4.79 Å². The Labute approximate surface area is 173 Å². The van der Waals surface area contributed by atoms with Crippen LogP contribution in [0.2, 0.25) is 0 Å². The second-order valence-corrected chi connectivity index (χ2v) is 10.3. The smallest absolute Gasteiger partial charge is 0.246 e. The van der Waals surface area contributed by atoms with Gasteiger partial charge in [-0.05, 0) is 73.1 Å². The van der Waals surface area contributed by atoms with Crippen molar-refractivity contribution in [3.8, 4) is 0 Å². The molecule has 3 saturated carbocycles. The van der Waals surface area contributed by atoms with Gasteiger partial charge in [0.2, 0.25) is 5.91 Å². The predicted octanol–water partition coefficient (Wildman–Crippen LogP) is 4.08. The minimum Gasteiger partial charge on any atom is -0.388 e. The molecular weight excluding hydrogens is 360 g/mol. The fourth-order valence-corrected chi connectivity index (χ4v) is 7.41. The Morgan fingerprint density at radius 2 is 2.07 bits per heavy atom. The maximum absolute atomic E-state index is 12.2. The molecule has 1 amide bonds. The highest BCUT2D eigenvalue weighted by molar-refractivity contribution is 5.89. The lowest BCUT2D eigenvalue weighted by Gasteiger charge is -2.59. The number of amides is 1. The summed E-state index contributed by atoms with van der Waals surface area (Å²) in [6.07, 6.45) is 14.9. The Bertz CT molecular complexity index is 878. The van der Waals surface area contributed by atoms with Crippen molar-refractivity contribution in [2.75, 3.05) is 7.05 Å². The Morgan fingerprint density at radius 1 is 1.24 bits per heavy atom. The molecule has 2 heterocycles. The zero-order valence-electron chi connectivity index (χ0n) is 17.7. The number of aliphatic hydroxyl groups excluding tert-OH is 1. The van der Waals surface area contributed by atoms with Gasteiger partial charge in [0, 0.05) is 36.3 Å². The summed E-state index contributed by atoms with van der Waals surface area (Å²) in [5.74, 6) is 1.84. The van der Waals surface area contributed by atoms with Gasteiger partial charge in [-0.1, -0.05) is 32.1 Å². The number of carbonyl (C=O) groups is 1. The van der Waals surface area contributed by atoms with Crippen molar-refractivity contribution < 1.29 is 9.90 Å². The maximum Gasteiger partial charge on any atom is 0.246 e.